The Morgan fingerprint density at radius 2 is 2.00 bits per heavy atom. The van der Waals surface area contributed by atoms with E-state index in [1.54, 1.807) is 0 Å². The lowest BCUT2D eigenvalue weighted by molar-refractivity contribution is 1.12. The van der Waals surface area contributed by atoms with E-state index in [-0.39, 0.29) is 0 Å². The maximum absolute atomic E-state index is 2.20. The molecular weight excluding hydrogens is 136 g/mol. The van der Waals surface area contributed by atoms with Gasteiger partial charge in [0, 0.05) is 4.24 Å². The molecule has 1 aliphatic rings. The quantitative estimate of drug-likeness (QED) is 0.515. The largest absolute Gasteiger partial charge is 0.120 e. The SMILES string of the molecule is CC=C1SCCCS1. The molecule has 0 bridgehead atoms. The molecule has 0 radical (unpaired) electrons. The Morgan fingerprint density at radius 1 is 1.38 bits per heavy atom. The fourth-order valence-electron chi connectivity index (χ4n) is 0.613. The Balaban J connectivity index is 2.33. The molecule has 0 aromatic heterocycles. The molecule has 0 spiro atoms. The van der Waals surface area contributed by atoms with Crippen LogP contribution in [-0.4, -0.2) is 11.5 Å². The summed E-state index contributed by atoms with van der Waals surface area (Å²) in [5.41, 5.74) is 0. The highest BCUT2D eigenvalue weighted by molar-refractivity contribution is 8.22. The normalized spacial score (nSPS) is 20.9. The monoisotopic (exact) mass is 146 g/mol. The molecule has 0 aromatic rings. The maximum Gasteiger partial charge on any atom is 0.0357 e. The molecule has 1 aliphatic heterocycles. The van der Waals surface area contributed by atoms with Crippen LogP contribution in [0.1, 0.15) is 13.3 Å². The third-order valence-electron chi connectivity index (χ3n) is 1.01. The molecule has 0 aliphatic carbocycles. The summed E-state index contributed by atoms with van der Waals surface area (Å²) in [7, 11) is 0. The van der Waals surface area contributed by atoms with E-state index in [0.717, 1.165) is 0 Å². The molecule has 0 atom stereocenters. The van der Waals surface area contributed by atoms with Crippen LogP contribution in [0.15, 0.2) is 10.3 Å². The van der Waals surface area contributed by atoms with Crippen molar-refractivity contribution in [3.8, 4) is 0 Å². The third-order valence-corrected chi connectivity index (χ3v) is 3.75. The van der Waals surface area contributed by atoms with E-state index >= 15 is 0 Å². The molecule has 46 valence electrons. The van der Waals surface area contributed by atoms with Gasteiger partial charge in [-0.2, -0.15) is 0 Å². The van der Waals surface area contributed by atoms with E-state index in [2.05, 4.69) is 13.0 Å². The van der Waals surface area contributed by atoms with Gasteiger partial charge in [-0.3, -0.25) is 0 Å². The van der Waals surface area contributed by atoms with Gasteiger partial charge in [0.05, 0.1) is 0 Å². The molecule has 1 rings (SSSR count). The van der Waals surface area contributed by atoms with Crippen LogP contribution in [-0.2, 0) is 0 Å². The maximum atomic E-state index is 2.20. The molecule has 1 heterocycles. The van der Waals surface area contributed by atoms with Crippen molar-refractivity contribution in [1.82, 2.24) is 0 Å². The van der Waals surface area contributed by atoms with Crippen LogP contribution in [0.2, 0.25) is 0 Å². The van der Waals surface area contributed by atoms with Crippen molar-refractivity contribution in [2.45, 2.75) is 13.3 Å². The topological polar surface area (TPSA) is 0 Å². The molecule has 1 saturated heterocycles. The van der Waals surface area contributed by atoms with Crippen LogP contribution >= 0.6 is 23.5 Å². The van der Waals surface area contributed by atoms with Crippen LogP contribution in [0.5, 0.6) is 0 Å². The van der Waals surface area contributed by atoms with Crippen LogP contribution in [0, 0.1) is 0 Å². The van der Waals surface area contributed by atoms with Gasteiger partial charge < -0.3 is 0 Å². The lowest BCUT2D eigenvalue weighted by atomic mass is 10.6. The van der Waals surface area contributed by atoms with Crippen molar-refractivity contribution in [2.75, 3.05) is 11.5 Å². The first-order valence-electron chi connectivity index (χ1n) is 2.85. The molecule has 0 nitrogen and oxygen atoms in total. The number of hydrogen-bond donors (Lipinski definition) is 0. The number of allylic oxidation sites excluding steroid dienone is 1. The highest BCUT2D eigenvalue weighted by atomic mass is 32.2. The van der Waals surface area contributed by atoms with Gasteiger partial charge in [-0.05, 0) is 24.9 Å². The van der Waals surface area contributed by atoms with E-state index in [9.17, 15) is 0 Å². The van der Waals surface area contributed by atoms with Crippen molar-refractivity contribution >= 4 is 23.5 Å². The lowest BCUT2D eigenvalue weighted by Gasteiger charge is -2.10. The predicted octanol–water partition coefficient (Wildman–Crippen LogP) is 2.72. The summed E-state index contributed by atoms with van der Waals surface area (Å²) in [6, 6.07) is 0. The van der Waals surface area contributed by atoms with Gasteiger partial charge in [-0.25, -0.2) is 0 Å². The average Bonchev–Trinajstić information content (AvgIpc) is 1.90. The number of rotatable bonds is 0. The van der Waals surface area contributed by atoms with Crippen LogP contribution in [0.25, 0.3) is 0 Å². The first-order valence-corrected chi connectivity index (χ1v) is 4.82. The Morgan fingerprint density at radius 3 is 2.38 bits per heavy atom. The minimum atomic E-state index is 1.33. The van der Waals surface area contributed by atoms with Crippen LogP contribution in [0.4, 0.5) is 0 Å². The minimum Gasteiger partial charge on any atom is -0.120 e. The second-order valence-electron chi connectivity index (χ2n) is 1.66. The third kappa shape index (κ3) is 1.75. The second-order valence-corrected chi connectivity index (χ2v) is 4.19. The van der Waals surface area contributed by atoms with Gasteiger partial charge in [0.2, 0.25) is 0 Å². The van der Waals surface area contributed by atoms with Gasteiger partial charge in [0.1, 0.15) is 0 Å². The molecule has 0 aromatic carbocycles. The van der Waals surface area contributed by atoms with Crippen molar-refractivity contribution in [2.24, 2.45) is 0 Å². The van der Waals surface area contributed by atoms with Gasteiger partial charge in [-0.1, -0.05) is 6.08 Å². The Kier molecular flexibility index (Phi) is 2.84. The van der Waals surface area contributed by atoms with E-state index < -0.39 is 0 Å². The fourth-order valence-corrected chi connectivity index (χ4v) is 2.94. The summed E-state index contributed by atoms with van der Waals surface area (Å²) in [5.74, 6) is 2.65. The highest BCUT2D eigenvalue weighted by Crippen LogP contribution is 2.33. The van der Waals surface area contributed by atoms with Crippen molar-refractivity contribution in [1.29, 1.82) is 0 Å². The summed E-state index contributed by atoms with van der Waals surface area (Å²) in [4.78, 5) is 0. The number of hydrogen-bond acceptors (Lipinski definition) is 2. The van der Waals surface area contributed by atoms with Crippen LogP contribution in [0.3, 0.4) is 0 Å². The molecule has 0 amide bonds. The molecule has 8 heavy (non-hydrogen) atoms. The average molecular weight is 146 g/mol. The predicted molar refractivity (Wildman–Crippen MR) is 43.3 cm³/mol. The van der Waals surface area contributed by atoms with E-state index in [4.69, 9.17) is 0 Å². The Bertz CT molecular complexity index is 88.7. The molecule has 1 fully saturated rings. The minimum absolute atomic E-state index is 1.33. The summed E-state index contributed by atoms with van der Waals surface area (Å²) in [6.45, 7) is 2.11. The zero-order chi connectivity index (χ0) is 5.82. The number of thioether (sulfide) groups is 2. The van der Waals surface area contributed by atoms with E-state index in [1.807, 2.05) is 23.5 Å². The lowest BCUT2D eigenvalue weighted by Crippen LogP contribution is -1.90. The molecule has 0 saturated carbocycles. The molecule has 0 N–H and O–H groups in total. The van der Waals surface area contributed by atoms with E-state index in [1.165, 1.54) is 22.2 Å². The summed E-state index contributed by atoms with van der Waals surface area (Å²) < 4.78 is 1.51. The zero-order valence-electron chi connectivity index (χ0n) is 5.02. The van der Waals surface area contributed by atoms with Crippen molar-refractivity contribution in [3.63, 3.8) is 0 Å². The second kappa shape index (κ2) is 3.46. The zero-order valence-corrected chi connectivity index (χ0v) is 6.65. The van der Waals surface area contributed by atoms with Gasteiger partial charge in [0.15, 0.2) is 0 Å². The summed E-state index contributed by atoms with van der Waals surface area (Å²) in [6.07, 6.45) is 3.58. The molecule has 0 unspecified atom stereocenters. The van der Waals surface area contributed by atoms with Crippen molar-refractivity contribution < 1.29 is 0 Å². The summed E-state index contributed by atoms with van der Waals surface area (Å²) >= 11 is 3.97. The van der Waals surface area contributed by atoms with Gasteiger partial charge in [-0.15, -0.1) is 23.5 Å². The first-order chi connectivity index (χ1) is 3.93. The van der Waals surface area contributed by atoms with Crippen molar-refractivity contribution in [3.05, 3.63) is 10.3 Å². The van der Waals surface area contributed by atoms with Crippen LogP contribution < -0.4 is 0 Å². The standard InChI is InChI=1S/C6H10S2/c1-2-6-7-4-3-5-8-6/h2H,3-5H2,1H3. The van der Waals surface area contributed by atoms with Gasteiger partial charge in [0.25, 0.3) is 0 Å². The highest BCUT2D eigenvalue weighted by Gasteiger charge is 2.03. The smallest absolute Gasteiger partial charge is 0.0357 e. The molecule has 2 heteroatoms. The van der Waals surface area contributed by atoms with E-state index in [0.29, 0.717) is 0 Å². The van der Waals surface area contributed by atoms with Gasteiger partial charge >= 0.3 is 0 Å². The Labute approximate surface area is 59.1 Å². The Hall–Kier alpha value is 0.440. The summed E-state index contributed by atoms with van der Waals surface area (Å²) in [5, 5.41) is 0. The fraction of sp³-hybridized carbons (Fsp3) is 0.667. The molecular formula is C6H10S2. The first kappa shape index (κ1) is 6.56.